The standard InChI is InChI=1S/C15H10Cl2FN3O2/c16-12-6-5-11(7-13(12)17)20-14(22)15(23)21-19-8-9-1-3-10(18)4-2-9/h1-8H,(H,20,22)(H,21,23)/b19-8+. The summed E-state index contributed by atoms with van der Waals surface area (Å²) < 4.78 is 12.7. The van der Waals surface area contributed by atoms with Gasteiger partial charge in [-0.2, -0.15) is 5.10 Å². The average Bonchev–Trinajstić information content (AvgIpc) is 2.52. The molecule has 0 aliphatic rings. The van der Waals surface area contributed by atoms with Gasteiger partial charge in [-0.25, -0.2) is 9.82 Å². The van der Waals surface area contributed by atoms with Gasteiger partial charge in [0.2, 0.25) is 0 Å². The zero-order valence-electron chi connectivity index (χ0n) is 11.5. The number of hydrazone groups is 1. The monoisotopic (exact) mass is 353 g/mol. The van der Waals surface area contributed by atoms with E-state index in [-0.39, 0.29) is 10.8 Å². The second kappa shape index (κ2) is 7.71. The molecule has 0 aliphatic carbocycles. The van der Waals surface area contributed by atoms with Gasteiger partial charge >= 0.3 is 11.8 Å². The number of halogens is 3. The van der Waals surface area contributed by atoms with Crippen LogP contribution in [0.2, 0.25) is 10.0 Å². The second-order valence-corrected chi connectivity index (χ2v) is 5.15. The average molecular weight is 354 g/mol. The summed E-state index contributed by atoms with van der Waals surface area (Å²) in [5.74, 6) is -2.26. The number of nitrogens with one attached hydrogen (secondary N) is 2. The van der Waals surface area contributed by atoms with E-state index in [0.717, 1.165) is 0 Å². The van der Waals surface area contributed by atoms with Crippen LogP contribution < -0.4 is 10.7 Å². The molecule has 2 aromatic rings. The predicted molar refractivity (Wildman–Crippen MR) is 87.2 cm³/mol. The van der Waals surface area contributed by atoms with E-state index in [0.29, 0.717) is 16.3 Å². The normalized spacial score (nSPS) is 10.6. The Morgan fingerprint density at radius 1 is 1.00 bits per heavy atom. The minimum Gasteiger partial charge on any atom is -0.318 e. The Bertz CT molecular complexity index is 764. The van der Waals surface area contributed by atoms with Crippen molar-refractivity contribution in [3.8, 4) is 0 Å². The Labute approximate surface area is 141 Å². The van der Waals surface area contributed by atoms with Crippen LogP contribution >= 0.6 is 23.2 Å². The van der Waals surface area contributed by atoms with Gasteiger partial charge in [0.15, 0.2) is 0 Å². The zero-order chi connectivity index (χ0) is 16.8. The van der Waals surface area contributed by atoms with Crippen molar-refractivity contribution in [1.82, 2.24) is 5.43 Å². The maximum Gasteiger partial charge on any atom is 0.329 e. The number of amides is 2. The molecule has 5 nitrogen and oxygen atoms in total. The van der Waals surface area contributed by atoms with Gasteiger partial charge in [0.25, 0.3) is 0 Å². The van der Waals surface area contributed by atoms with Gasteiger partial charge in [-0.05, 0) is 35.9 Å². The van der Waals surface area contributed by atoms with Crippen LogP contribution in [-0.4, -0.2) is 18.0 Å². The second-order valence-electron chi connectivity index (χ2n) is 4.33. The van der Waals surface area contributed by atoms with Crippen LogP contribution in [0.4, 0.5) is 10.1 Å². The van der Waals surface area contributed by atoms with Gasteiger partial charge in [-0.15, -0.1) is 0 Å². The molecule has 0 heterocycles. The first-order valence-corrected chi connectivity index (χ1v) is 7.06. The summed E-state index contributed by atoms with van der Waals surface area (Å²) in [5.41, 5.74) is 2.95. The predicted octanol–water partition coefficient (Wildman–Crippen LogP) is 3.22. The fourth-order valence-electron chi connectivity index (χ4n) is 1.53. The van der Waals surface area contributed by atoms with Gasteiger partial charge in [0.1, 0.15) is 5.82 Å². The molecule has 0 fully saturated rings. The Balaban J connectivity index is 1.90. The van der Waals surface area contributed by atoms with E-state index in [9.17, 15) is 14.0 Å². The molecule has 0 aromatic heterocycles. The van der Waals surface area contributed by atoms with Gasteiger partial charge in [-0.3, -0.25) is 9.59 Å². The Morgan fingerprint density at radius 2 is 1.70 bits per heavy atom. The van der Waals surface area contributed by atoms with Crippen molar-refractivity contribution in [2.75, 3.05) is 5.32 Å². The maximum atomic E-state index is 12.7. The molecular weight excluding hydrogens is 344 g/mol. The molecule has 2 N–H and O–H groups in total. The van der Waals surface area contributed by atoms with E-state index >= 15 is 0 Å². The number of rotatable bonds is 3. The number of hydrogen-bond donors (Lipinski definition) is 2. The van der Waals surface area contributed by atoms with Crippen molar-refractivity contribution in [3.05, 3.63) is 63.9 Å². The zero-order valence-corrected chi connectivity index (χ0v) is 13.0. The van der Waals surface area contributed by atoms with Gasteiger partial charge < -0.3 is 5.32 Å². The lowest BCUT2D eigenvalue weighted by Crippen LogP contribution is -2.32. The first-order valence-electron chi connectivity index (χ1n) is 6.31. The molecule has 0 saturated heterocycles. The minimum atomic E-state index is -0.963. The molecule has 0 atom stereocenters. The highest BCUT2D eigenvalue weighted by Gasteiger charge is 2.13. The molecule has 0 saturated carbocycles. The van der Waals surface area contributed by atoms with Crippen LogP contribution in [0.15, 0.2) is 47.6 Å². The third-order valence-electron chi connectivity index (χ3n) is 2.63. The molecule has 2 rings (SSSR count). The molecule has 0 spiro atoms. The van der Waals surface area contributed by atoms with Crippen molar-refractivity contribution in [1.29, 1.82) is 0 Å². The van der Waals surface area contributed by atoms with Crippen molar-refractivity contribution in [3.63, 3.8) is 0 Å². The first kappa shape index (κ1) is 16.9. The molecule has 2 aromatic carbocycles. The van der Waals surface area contributed by atoms with Gasteiger partial charge in [0.05, 0.1) is 16.3 Å². The molecule has 0 aliphatic heterocycles. The van der Waals surface area contributed by atoms with Crippen LogP contribution in [0.5, 0.6) is 0 Å². The summed E-state index contributed by atoms with van der Waals surface area (Å²) in [4.78, 5) is 23.3. The quantitative estimate of drug-likeness (QED) is 0.505. The van der Waals surface area contributed by atoms with Crippen molar-refractivity contribution in [2.24, 2.45) is 5.10 Å². The molecule has 118 valence electrons. The van der Waals surface area contributed by atoms with E-state index in [1.54, 1.807) is 0 Å². The van der Waals surface area contributed by atoms with Crippen LogP contribution in [-0.2, 0) is 9.59 Å². The lowest BCUT2D eigenvalue weighted by molar-refractivity contribution is -0.136. The maximum absolute atomic E-state index is 12.7. The van der Waals surface area contributed by atoms with Gasteiger partial charge in [0, 0.05) is 5.69 Å². The van der Waals surface area contributed by atoms with E-state index < -0.39 is 11.8 Å². The molecule has 0 bridgehead atoms. The van der Waals surface area contributed by atoms with E-state index in [1.807, 2.05) is 0 Å². The summed E-state index contributed by atoms with van der Waals surface area (Å²) in [6.07, 6.45) is 1.28. The van der Waals surface area contributed by atoms with E-state index in [1.165, 1.54) is 48.7 Å². The number of nitrogens with zero attached hydrogens (tertiary/aromatic N) is 1. The molecule has 2 amide bonds. The highest BCUT2D eigenvalue weighted by molar-refractivity contribution is 6.42. The SMILES string of the molecule is O=C(N/N=C/c1ccc(F)cc1)C(=O)Nc1ccc(Cl)c(Cl)c1. The topological polar surface area (TPSA) is 70.6 Å². The lowest BCUT2D eigenvalue weighted by Gasteiger charge is -2.05. The molecule has 8 heteroatoms. The highest BCUT2D eigenvalue weighted by atomic mass is 35.5. The number of carbonyl (C=O) groups excluding carboxylic acids is 2. The van der Waals surface area contributed by atoms with E-state index in [4.69, 9.17) is 23.2 Å². The van der Waals surface area contributed by atoms with Crippen LogP contribution in [0, 0.1) is 5.82 Å². The summed E-state index contributed by atoms with van der Waals surface area (Å²) in [6.45, 7) is 0. The smallest absolute Gasteiger partial charge is 0.318 e. The van der Waals surface area contributed by atoms with Crippen molar-refractivity contribution >= 4 is 46.9 Å². The molecule has 23 heavy (non-hydrogen) atoms. The Kier molecular flexibility index (Phi) is 5.67. The third kappa shape index (κ3) is 5.05. The van der Waals surface area contributed by atoms with Crippen LogP contribution in [0.1, 0.15) is 5.56 Å². The third-order valence-corrected chi connectivity index (χ3v) is 3.37. The summed E-state index contributed by atoms with van der Waals surface area (Å²) >= 11 is 11.6. The Hall–Kier alpha value is -2.44. The molecule has 0 radical (unpaired) electrons. The molecular formula is C15H10Cl2FN3O2. The van der Waals surface area contributed by atoms with Crippen LogP contribution in [0.25, 0.3) is 0 Å². The summed E-state index contributed by atoms with van der Waals surface area (Å²) in [5, 5.41) is 6.54. The largest absolute Gasteiger partial charge is 0.329 e. The highest BCUT2D eigenvalue weighted by Crippen LogP contribution is 2.24. The number of hydrogen-bond acceptors (Lipinski definition) is 3. The number of anilines is 1. The summed E-state index contributed by atoms with van der Waals surface area (Å²) in [7, 11) is 0. The Morgan fingerprint density at radius 3 is 2.35 bits per heavy atom. The minimum absolute atomic E-state index is 0.249. The van der Waals surface area contributed by atoms with Crippen LogP contribution in [0.3, 0.4) is 0 Å². The molecule has 0 unspecified atom stereocenters. The fourth-order valence-corrected chi connectivity index (χ4v) is 1.82. The first-order chi connectivity index (χ1) is 11.0. The van der Waals surface area contributed by atoms with Crippen molar-refractivity contribution in [2.45, 2.75) is 0 Å². The van der Waals surface area contributed by atoms with Crippen molar-refractivity contribution < 1.29 is 14.0 Å². The van der Waals surface area contributed by atoms with E-state index in [2.05, 4.69) is 15.8 Å². The lowest BCUT2D eigenvalue weighted by atomic mass is 10.2. The number of carbonyl (C=O) groups is 2. The number of benzene rings is 2. The van der Waals surface area contributed by atoms with Gasteiger partial charge in [-0.1, -0.05) is 35.3 Å². The fraction of sp³-hybridized carbons (Fsp3) is 0. The summed E-state index contributed by atoms with van der Waals surface area (Å²) in [6, 6.07) is 9.85.